The van der Waals surface area contributed by atoms with E-state index in [1.54, 1.807) is 12.1 Å². The molecule has 0 spiro atoms. The largest absolute Gasteiger partial charge is 1.00 e. The quantitative estimate of drug-likeness (QED) is 0.523. The Morgan fingerprint density at radius 1 is 0.714 bits per heavy atom. The summed E-state index contributed by atoms with van der Waals surface area (Å²) in [6, 6.07) is 3.50. The maximum atomic E-state index is 8.70. The van der Waals surface area contributed by atoms with E-state index < -0.39 is 0 Å². The van der Waals surface area contributed by atoms with E-state index >= 15 is 0 Å². The van der Waals surface area contributed by atoms with Crippen LogP contribution in [0.5, 0.6) is 0 Å². The van der Waals surface area contributed by atoms with Crippen molar-refractivity contribution in [1.29, 1.82) is 10.5 Å². The molecule has 0 fully saturated rings. The van der Waals surface area contributed by atoms with Crippen LogP contribution in [0, 0.1) is 22.7 Å². The normalized spacial score (nSPS) is 9.29. The molecule has 0 N–H and O–H groups in total. The molecule has 0 amide bonds. The molecular formula is C8HCl4N2+. The molecule has 0 aliphatic carbocycles. The van der Waals surface area contributed by atoms with Gasteiger partial charge in [0.25, 0.3) is 0 Å². The van der Waals surface area contributed by atoms with Crippen LogP contribution in [0.15, 0.2) is 0 Å². The van der Waals surface area contributed by atoms with Gasteiger partial charge in [-0.3, -0.25) is 0 Å². The molecule has 0 heterocycles. The van der Waals surface area contributed by atoms with Gasteiger partial charge in [0.15, 0.2) is 0 Å². The Bertz CT molecular complexity index is 446. The lowest BCUT2D eigenvalue weighted by molar-refractivity contribution is 1.45. The SMILES string of the molecule is N#Cc1c(Cl)c(Cl)c(Cl)c(C#N)c1Cl.[H+]. The van der Waals surface area contributed by atoms with Crippen molar-refractivity contribution in [2.75, 3.05) is 0 Å². The maximum Gasteiger partial charge on any atom is 1.00 e. The molecule has 0 aliphatic heterocycles. The molecule has 0 radical (unpaired) electrons. The average molecular weight is 267 g/mol. The van der Waals surface area contributed by atoms with Gasteiger partial charge in [-0.25, -0.2) is 0 Å². The molecule has 0 saturated carbocycles. The fourth-order valence-corrected chi connectivity index (χ4v) is 1.90. The van der Waals surface area contributed by atoms with E-state index in [4.69, 9.17) is 56.9 Å². The van der Waals surface area contributed by atoms with Gasteiger partial charge in [-0.1, -0.05) is 46.4 Å². The second-order valence-electron chi connectivity index (χ2n) is 2.23. The predicted octanol–water partition coefficient (Wildman–Crippen LogP) is 4.16. The lowest BCUT2D eigenvalue weighted by atomic mass is 10.1. The van der Waals surface area contributed by atoms with Crippen molar-refractivity contribution >= 4 is 46.4 Å². The molecule has 0 bridgehead atoms. The first-order valence-corrected chi connectivity index (χ1v) is 4.72. The highest BCUT2D eigenvalue weighted by Crippen LogP contribution is 2.40. The molecule has 0 unspecified atom stereocenters. The summed E-state index contributed by atoms with van der Waals surface area (Å²) in [4.78, 5) is 0. The summed E-state index contributed by atoms with van der Waals surface area (Å²) >= 11 is 22.8. The van der Waals surface area contributed by atoms with Crippen molar-refractivity contribution in [3.63, 3.8) is 0 Å². The van der Waals surface area contributed by atoms with Gasteiger partial charge in [0.2, 0.25) is 0 Å². The van der Waals surface area contributed by atoms with Crippen LogP contribution in [0.1, 0.15) is 12.6 Å². The molecule has 6 heteroatoms. The van der Waals surface area contributed by atoms with E-state index in [0.717, 1.165) is 0 Å². The third kappa shape index (κ3) is 1.63. The van der Waals surface area contributed by atoms with Crippen LogP contribution in [0.25, 0.3) is 0 Å². The van der Waals surface area contributed by atoms with Crippen LogP contribution in [0.2, 0.25) is 20.1 Å². The molecular weight excluding hydrogens is 266 g/mol. The molecule has 0 saturated heterocycles. The molecule has 1 rings (SSSR count). The van der Waals surface area contributed by atoms with Gasteiger partial charge in [-0.05, 0) is 0 Å². The van der Waals surface area contributed by atoms with E-state index in [9.17, 15) is 0 Å². The summed E-state index contributed by atoms with van der Waals surface area (Å²) in [5, 5.41) is 17.2. The summed E-state index contributed by atoms with van der Waals surface area (Å²) in [6.07, 6.45) is 0. The Kier molecular flexibility index (Phi) is 3.48. The van der Waals surface area contributed by atoms with Gasteiger partial charge in [-0.15, -0.1) is 0 Å². The fraction of sp³-hybridized carbons (Fsp3) is 0. The first-order chi connectivity index (χ1) is 6.54. The summed E-state index contributed by atoms with van der Waals surface area (Å²) in [5.74, 6) is 0. The van der Waals surface area contributed by atoms with Crippen LogP contribution in [0.4, 0.5) is 0 Å². The van der Waals surface area contributed by atoms with Gasteiger partial charge in [-0.2, -0.15) is 10.5 Å². The minimum atomic E-state index is -0.0746. The number of rotatable bonds is 0. The van der Waals surface area contributed by atoms with Crippen LogP contribution in [-0.2, 0) is 0 Å². The molecule has 14 heavy (non-hydrogen) atoms. The number of benzene rings is 1. The summed E-state index contributed by atoms with van der Waals surface area (Å²) in [6.45, 7) is 0. The van der Waals surface area contributed by atoms with E-state index in [1.807, 2.05) is 0 Å². The Morgan fingerprint density at radius 3 is 1.36 bits per heavy atom. The maximum absolute atomic E-state index is 8.70. The zero-order valence-corrected chi connectivity index (χ0v) is 9.43. The minimum absolute atomic E-state index is 0. The second kappa shape index (κ2) is 4.26. The number of hydrogen-bond donors (Lipinski definition) is 0. The molecule has 2 nitrogen and oxygen atoms in total. The van der Waals surface area contributed by atoms with Crippen molar-refractivity contribution in [1.82, 2.24) is 0 Å². The van der Waals surface area contributed by atoms with Crippen molar-refractivity contribution in [2.45, 2.75) is 0 Å². The average Bonchev–Trinajstić information content (AvgIpc) is 2.16. The molecule has 0 atom stereocenters. The Balaban J connectivity index is 0.00000196. The Morgan fingerprint density at radius 2 is 1.07 bits per heavy atom. The van der Waals surface area contributed by atoms with E-state index in [-0.39, 0.29) is 32.6 Å². The van der Waals surface area contributed by atoms with Crippen LogP contribution >= 0.6 is 46.4 Å². The standard InChI is InChI=1S/C8Cl4N2/c9-5-3(1-13)6(10)8(12)7(11)4(5)2-14/p+1. The van der Waals surface area contributed by atoms with E-state index in [2.05, 4.69) is 0 Å². The first kappa shape index (κ1) is 11.4. The minimum Gasteiger partial charge on any atom is -0.192 e. The van der Waals surface area contributed by atoms with Gasteiger partial charge < -0.3 is 0 Å². The Hall–Kier alpha value is -0.640. The Labute approximate surface area is 102 Å². The number of hydrogen-bond acceptors (Lipinski definition) is 2. The van der Waals surface area contributed by atoms with Crippen LogP contribution in [0.3, 0.4) is 0 Å². The zero-order valence-electron chi connectivity index (χ0n) is 7.41. The van der Waals surface area contributed by atoms with Gasteiger partial charge in [0.1, 0.15) is 12.1 Å². The highest BCUT2D eigenvalue weighted by atomic mass is 35.5. The summed E-state index contributed by atoms with van der Waals surface area (Å²) in [7, 11) is 0. The first-order valence-electron chi connectivity index (χ1n) is 3.20. The highest BCUT2D eigenvalue weighted by molar-refractivity contribution is 6.50. The molecule has 1 aromatic carbocycles. The topological polar surface area (TPSA) is 47.6 Å². The van der Waals surface area contributed by atoms with Crippen molar-refractivity contribution in [3.05, 3.63) is 31.2 Å². The predicted molar refractivity (Wildman–Crippen MR) is 57.0 cm³/mol. The number of halogens is 4. The van der Waals surface area contributed by atoms with Crippen molar-refractivity contribution in [2.24, 2.45) is 0 Å². The highest BCUT2D eigenvalue weighted by Gasteiger charge is 2.19. The van der Waals surface area contributed by atoms with E-state index in [1.165, 1.54) is 0 Å². The monoisotopic (exact) mass is 265 g/mol. The summed E-state index contributed by atoms with van der Waals surface area (Å²) < 4.78 is 0. The molecule has 0 aromatic heterocycles. The third-order valence-electron chi connectivity index (χ3n) is 1.49. The van der Waals surface area contributed by atoms with Gasteiger partial charge in [0.05, 0.1) is 31.2 Å². The molecule has 70 valence electrons. The van der Waals surface area contributed by atoms with E-state index in [0.29, 0.717) is 0 Å². The zero-order chi connectivity index (χ0) is 10.9. The lowest BCUT2D eigenvalue weighted by Crippen LogP contribution is -1.89. The summed E-state index contributed by atoms with van der Waals surface area (Å²) in [5.41, 5.74) is -0.0847. The third-order valence-corrected chi connectivity index (χ3v) is 3.19. The number of nitriles is 2. The van der Waals surface area contributed by atoms with Crippen LogP contribution in [-0.4, -0.2) is 0 Å². The molecule has 1 aromatic rings. The lowest BCUT2D eigenvalue weighted by Gasteiger charge is -2.05. The van der Waals surface area contributed by atoms with Crippen LogP contribution < -0.4 is 0 Å². The second-order valence-corrected chi connectivity index (χ2v) is 3.74. The fourth-order valence-electron chi connectivity index (χ4n) is 0.830. The number of nitrogens with zero attached hydrogens (tertiary/aromatic N) is 2. The molecule has 0 aliphatic rings. The van der Waals surface area contributed by atoms with Gasteiger partial charge in [0, 0.05) is 0 Å². The smallest absolute Gasteiger partial charge is 0.192 e. The van der Waals surface area contributed by atoms with Gasteiger partial charge >= 0.3 is 1.43 Å². The van der Waals surface area contributed by atoms with Crippen molar-refractivity contribution < 1.29 is 1.43 Å². The van der Waals surface area contributed by atoms with Crippen molar-refractivity contribution in [3.8, 4) is 12.1 Å².